The Hall–Kier alpha value is -0.231. The molecule has 24 heavy (non-hydrogen) atoms. The van der Waals surface area contributed by atoms with Crippen LogP contribution in [-0.2, 0) is 20.3 Å². The second-order valence-electron chi connectivity index (χ2n) is 6.02. The van der Waals surface area contributed by atoms with E-state index >= 15 is 0 Å². The first-order chi connectivity index (χ1) is 11.8. The molecule has 2 radical (unpaired) electrons. The molecule has 0 saturated heterocycles. The van der Waals surface area contributed by atoms with Crippen LogP contribution < -0.4 is 0 Å². The minimum atomic E-state index is -0.517. The number of unbranched alkanes of at least 4 members (excludes halogenated alkanes) is 6. The molecule has 1 aromatic rings. The summed E-state index contributed by atoms with van der Waals surface area (Å²) in [5.74, 6) is 0. The van der Waals surface area contributed by atoms with Crippen LogP contribution in [0.4, 0.5) is 4.79 Å². The van der Waals surface area contributed by atoms with Gasteiger partial charge in [0, 0.05) is 0 Å². The molecule has 0 amide bonds. The van der Waals surface area contributed by atoms with Crippen molar-refractivity contribution in [3.8, 4) is 0 Å². The van der Waals surface area contributed by atoms with Gasteiger partial charge in [0.25, 0.3) is 0 Å². The summed E-state index contributed by atoms with van der Waals surface area (Å²) < 4.78 is 13.0. The molecule has 0 aliphatic heterocycles. The van der Waals surface area contributed by atoms with Crippen LogP contribution in [0, 0.1) is 0 Å². The van der Waals surface area contributed by atoms with Crippen LogP contribution in [0.25, 0.3) is 0 Å². The zero-order valence-corrected chi connectivity index (χ0v) is 18.9. The van der Waals surface area contributed by atoms with Gasteiger partial charge in [-0.3, -0.25) is 0 Å². The summed E-state index contributed by atoms with van der Waals surface area (Å²) in [6.45, 7) is 5.41. The molecule has 0 bridgehead atoms. The van der Waals surface area contributed by atoms with Crippen molar-refractivity contribution in [1.29, 1.82) is 0 Å². The van der Waals surface area contributed by atoms with E-state index in [-0.39, 0.29) is 21.1 Å². The van der Waals surface area contributed by atoms with Crippen LogP contribution in [0.3, 0.4) is 0 Å². The van der Waals surface area contributed by atoms with Gasteiger partial charge in [-0.05, 0) is 0 Å². The number of hydrogen-bond donors (Lipinski definition) is 0. The molecule has 0 unspecified atom stereocenters. The van der Waals surface area contributed by atoms with Crippen molar-refractivity contribution < 1.29 is 14.3 Å². The quantitative estimate of drug-likeness (QED) is 0.199. The second kappa shape index (κ2) is 15.1. The molecule has 136 valence electrons. The Morgan fingerprint density at radius 3 is 2.50 bits per heavy atom. The van der Waals surface area contributed by atoms with Crippen molar-refractivity contribution in [2.24, 2.45) is 0 Å². The van der Waals surface area contributed by atoms with E-state index in [0.717, 1.165) is 19.3 Å². The Bertz CT molecular complexity index is 434. The molecule has 1 rings (SSSR count). The summed E-state index contributed by atoms with van der Waals surface area (Å²) in [5, 5.41) is 2.19. The van der Waals surface area contributed by atoms with Gasteiger partial charge in [0.15, 0.2) is 0 Å². The van der Waals surface area contributed by atoms with Gasteiger partial charge in [-0.15, -0.1) is 0 Å². The normalized spacial score (nSPS) is 10.8. The number of rotatable bonds is 14. The number of carbonyl (C=O) groups is 1. The van der Waals surface area contributed by atoms with Crippen LogP contribution in [0.15, 0.2) is 11.4 Å². The average molecular weight is 459 g/mol. The molecular formula is C19H32O3SSn. The average Bonchev–Trinajstić information content (AvgIpc) is 3.03. The summed E-state index contributed by atoms with van der Waals surface area (Å²) in [7, 11) is 0. The van der Waals surface area contributed by atoms with E-state index in [2.05, 4.69) is 25.3 Å². The topological polar surface area (TPSA) is 35.5 Å². The Morgan fingerprint density at radius 2 is 1.75 bits per heavy atom. The molecule has 0 aromatic carbocycles. The van der Waals surface area contributed by atoms with E-state index in [4.69, 9.17) is 9.47 Å². The van der Waals surface area contributed by atoms with Gasteiger partial charge in [0.05, 0.1) is 0 Å². The predicted octanol–water partition coefficient (Wildman–Crippen LogP) is 5.84. The second-order valence-corrected chi connectivity index (χ2v) is 11.5. The van der Waals surface area contributed by atoms with Gasteiger partial charge in [-0.2, -0.15) is 0 Å². The number of ether oxygens (including phenoxy) is 2. The van der Waals surface area contributed by atoms with E-state index in [1.54, 1.807) is 0 Å². The van der Waals surface area contributed by atoms with Gasteiger partial charge in [0.1, 0.15) is 0 Å². The number of carbonyl (C=O) groups excluding carboxylic acids is 1. The molecule has 0 N–H and O–H groups in total. The first-order valence-electron chi connectivity index (χ1n) is 9.32. The Labute approximate surface area is 161 Å². The molecule has 0 fully saturated rings. The molecule has 0 aliphatic rings. The monoisotopic (exact) mass is 460 g/mol. The van der Waals surface area contributed by atoms with E-state index < -0.39 is 6.16 Å². The Morgan fingerprint density at radius 1 is 1.04 bits per heavy atom. The van der Waals surface area contributed by atoms with Crippen molar-refractivity contribution in [3.05, 3.63) is 21.9 Å². The van der Waals surface area contributed by atoms with Crippen LogP contribution in [0.5, 0.6) is 0 Å². The summed E-state index contributed by atoms with van der Waals surface area (Å²) in [5.41, 5.74) is 1.28. The fourth-order valence-corrected chi connectivity index (χ4v) is 6.30. The molecule has 0 spiro atoms. The third-order valence-corrected chi connectivity index (χ3v) is 8.78. The molecule has 0 atom stereocenters. The van der Waals surface area contributed by atoms with Crippen LogP contribution in [-0.4, -0.2) is 40.5 Å². The fraction of sp³-hybridized carbons (Fsp3) is 0.737. The third-order valence-electron chi connectivity index (χ3n) is 3.84. The molecule has 0 saturated carbocycles. The van der Waals surface area contributed by atoms with Crippen molar-refractivity contribution >= 4 is 38.6 Å². The van der Waals surface area contributed by atoms with Gasteiger partial charge < -0.3 is 0 Å². The molecular weight excluding hydrogens is 427 g/mol. The maximum absolute atomic E-state index is 11.5. The minimum absolute atomic E-state index is 0.168. The van der Waals surface area contributed by atoms with Crippen LogP contribution >= 0.6 is 11.3 Å². The zero-order chi connectivity index (χ0) is 17.5. The molecule has 0 aliphatic carbocycles. The van der Waals surface area contributed by atoms with Gasteiger partial charge >= 0.3 is 123 Å². The molecule has 1 heterocycles. The number of hydrogen-bond acceptors (Lipinski definition) is 4. The Kier molecular flexibility index (Phi) is 13.7. The predicted molar refractivity (Wildman–Crippen MR) is 103 cm³/mol. The van der Waals surface area contributed by atoms with Crippen molar-refractivity contribution in [2.75, 3.05) is 13.2 Å². The zero-order valence-electron chi connectivity index (χ0n) is 15.3. The summed E-state index contributed by atoms with van der Waals surface area (Å²) in [6, 6.07) is 2.27. The van der Waals surface area contributed by atoms with Crippen molar-refractivity contribution in [2.45, 2.75) is 74.1 Å². The summed E-state index contributed by atoms with van der Waals surface area (Å²) >= 11 is 1.68. The molecule has 5 heteroatoms. The van der Waals surface area contributed by atoms with Crippen molar-refractivity contribution in [3.63, 3.8) is 0 Å². The van der Waals surface area contributed by atoms with Gasteiger partial charge in [0.2, 0.25) is 0 Å². The molecule has 3 nitrogen and oxygen atoms in total. The van der Waals surface area contributed by atoms with E-state index in [0.29, 0.717) is 13.2 Å². The SMILES string of the molecule is CCCCCCCCCOC(=O)OCCc1csc([CH2][Sn][CH2]C)c1. The fourth-order valence-electron chi connectivity index (χ4n) is 2.41. The van der Waals surface area contributed by atoms with Gasteiger partial charge in [-0.25, -0.2) is 0 Å². The summed E-state index contributed by atoms with van der Waals surface area (Å²) in [4.78, 5) is 13.0. The first kappa shape index (κ1) is 21.8. The maximum atomic E-state index is 11.5. The number of thiophene rings is 1. The third kappa shape index (κ3) is 11.3. The van der Waals surface area contributed by atoms with Crippen LogP contribution in [0.1, 0.15) is 69.2 Å². The van der Waals surface area contributed by atoms with E-state index in [1.165, 1.54) is 51.4 Å². The Balaban J connectivity index is 1.97. The molecule has 1 aromatic heterocycles. The standard InChI is InChI=1S/C17H27O3S.C2H5.Sn/c1-3-4-5-6-7-8-9-11-19-17(18)20-12-10-16-13-15(2)21-14-16;1-2;/h13-14H,2-12H2,1H3;1H2,2H3;. The van der Waals surface area contributed by atoms with Crippen molar-refractivity contribution in [1.82, 2.24) is 0 Å². The van der Waals surface area contributed by atoms with E-state index in [1.807, 2.05) is 11.3 Å². The van der Waals surface area contributed by atoms with E-state index in [9.17, 15) is 4.79 Å². The first-order valence-corrected chi connectivity index (χ1v) is 14.2. The van der Waals surface area contributed by atoms with Gasteiger partial charge in [-0.1, -0.05) is 39.0 Å². The summed E-state index contributed by atoms with van der Waals surface area (Å²) in [6.07, 6.45) is 8.82. The van der Waals surface area contributed by atoms with Crippen LogP contribution in [0.2, 0.25) is 4.44 Å².